The van der Waals surface area contributed by atoms with E-state index >= 15 is 0 Å². The number of hydrogen-bond donors (Lipinski definition) is 0. The second-order valence-electron chi connectivity index (χ2n) is 9.54. The number of carbonyl (C=O) groups excluding carboxylic acids is 3. The van der Waals surface area contributed by atoms with E-state index in [2.05, 4.69) is 19.9 Å². The standard InChI is InChI=1S/C23H30O4/c1-13(24)18-7-8-19-17-6-5-15-11-16(26)9-10-22(15,3)20(17)12-21(23(18,19)4)27-14(2)25/h9-11,17-21H,5-8,12H2,1-4H3/t17-,18+,19-,20-,21-,22-,23+/m0/s1. The molecule has 27 heavy (non-hydrogen) atoms. The van der Waals surface area contributed by atoms with E-state index in [0.717, 1.165) is 32.1 Å². The Morgan fingerprint density at radius 2 is 1.85 bits per heavy atom. The molecule has 4 heteroatoms. The maximum Gasteiger partial charge on any atom is 0.302 e. The lowest BCUT2D eigenvalue weighted by molar-refractivity contribution is -0.178. The van der Waals surface area contributed by atoms with E-state index in [0.29, 0.717) is 17.8 Å². The molecule has 0 radical (unpaired) electrons. The van der Waals surface area contributed by atoms with Crippen LogP contribution in [-0.2, 0) is 19.1 Å². The number of hydrogen-bond acceptors (Lipinski definition) is 4. The van der Waals surface area contributed by atoms with Crippen molar-refractivity contribution >= 4 is 17.5 Å². The molecule has 3 saturated carbocycles. The summed E-state index contributed by atoms with van der Waals surface area (Å²) >= 11 is 0. The van der Waals surface area contributed by atoms with Gasteiger partial charge in [-0.05, 0) is 68.9 Å². The maximum absolute atomic E-state index is 12.4. The Morgan fingerprint density at radius 3 is 2.52 bits per heavy atom. The Labute approximate surface area is 161 Å². The smallest absolute Gasteiger partial charge is 0.302 e. The highest BCUT2D eigenvalue weighted by atomic mass is 16.5. The molecule has 0 N–H and O–H groups in total. The third-order valence-electron chi connectivity index (χ3n) is 8.43. The number of fused-ring (bicyclic) bond motifs is 5. The van der Waals surface area contributed by atoms with Crippen LogP contribution < -0.4 is 0 Å². The van der Waals surface area contributed by atoms with Gasteiger partial charge in [-0.3, -0.25) is 14.4 Å². The van der Waals surface area contributed by atoms with Gasteiger partial charge in [-0.25, -0.2) is 0 Å². The lowest BCUT2D eigenvalue weighted by Gasteiger charge is -2.59. The van der Waals surface area contributed by atoms with Crippen LogP contribution in [0.2, 0.25) is 0 Å². The molecule has 146 valence electrons. The molecule has 0 amide bonds. The van der Waals surface area contributed by atoms with Crippen LogP contribution in [-0.4, -0.2) is 23.6 Å². The van der Waals surface area contributed by atoms with E-state index in [1.807, 2.05) is 6.08 Å². The normalized spacial score (nSPS) is 45.4. The fraction of sp³-hybridized carbons (Fsp3) is 0.696. The summed E-state index contributed by atoms with van der Waals surface area (Å²) in [4.78, 5) is 36.2. The van der Waals surface area contributed by atoms with Gasteiger partial charge >= 0.3 is 5.97 Å². The zero-order valence-electron chi connectivity index (χ0n) is 16.8. The Morgan fingerprint density at radius 1 is 1.11 bits per heavy atom. The van der Waals surface area contributed by atoms with E-state index in [4.69, 9.17) is 4.74 Å². The monoisotopic (exact) mass is 370 g/mol. The zero-order chi connectivity index (χ0) is 19.6. The van der Waals surface area contributed by atoms with E-state index < -0.39 is 0 Å². The second kappa shape index (κ2) is 6.15. The van der Waals surface area contributed by atoms with Crippen molar-refractivity contribution in [1.82, 2.24) is 0 Å². The molecule has 3 fully saturated rings. The number of Topliss-reactive ketones (excluding diaryl/α,β-unsaturated/α-hetero) is 1. The van der Waals surface area contributed by atoms with Crippen LogP contribution in [0.25, 0.3) is 0 Å². The van der Waals surface area contributed by atoms with Crippen molar-refractivity contribution in [2.24, 2.45) is 34.5 Å². The van der Waals surface area contributed by atoms with Crippen LogP contribution in [0.4, 0.5) is 0 Å². The molecule has 4 rings (SSSR count). The Balaban J connectivity index is 1.77. The minimum Gasteiger partial charge on any atom is -0.462 e. The molecule has 0 aromatic carbocycles. The van der Waals surface area contributed by atoms with Gasteiger partial charge in [-0.15, -0.1) is 0 Å². The van der Waals surface area contributed by atoms with E-state index in [-0.39, 0.29) is 40.4 Å². The highest BCUT2D eigenvalue weighted by Gasteiger charge is 2.64. The summed E-state index contributed by atoms with van der Waals surface area (Å²) in [7, 11) is 0. The summed E-state index contributed by atoms with van der Waals surface area (Å²) in [6.45, 7) is 7.58. The van der Waals surface area contributed by atoms with Gasteiger partial charge in [0.25, 0.3) is 0 Å². The average molecular weight is 370 g/mol. The van der Waals surface area contributed by atoms with Crippen LogP contribution in [0.5, 0.6) is 0 Å². The second-order valence-corrected chi connectivity index (χ2v) is 9.54. The summed E-state index contributed by atoms with van der Waals surface area (Å²) in [5.41, 5.74) is 0.803. The number of ketones is 2. The average Bonchev–Trinajstić information content (AvgIpc) is 2.95. The number of esters is 1. The van der Waals surface area contributed by atoms with Gasteiger partial charge in [0.2, 0.25) is 0 Å². The van der Waals surface area contributed by atoms with Crippen molar-refractivity contribution in [1.29, 1.82) is 0 Å². The Bertz CT molecular complexity index is 762. The topological polar surface area (TPSA) is 60.4 Å². The maximum atomic E-state index is 12.4. The van der Waals surface area contributed by atoms with Crippen LogP contribution >= 0.6 is 0 Å². The van der Waals surface area contributed by atoms with Crippen LogP contribution in [0.15, 0.2) is 23.8 Å². The number of allylic oxidation sites excluding steroid dienone is 4. The molecular formula is C23H30O4. The van der Waals surface area contributed by atoms with Crippen molar-refractivity contribution in [3.05, 3.63) is 23.8 Å². The number of ether oxygens (including phenoxy) is 1. The third kappa shape index (κ3) is 2.59. The first-order valence-electron chi connectivity index (χ1n) is 10.3. The first kappa shape index (κ1) is 18.6. The molecular weight excluding hydrogens is 340 g/mol. The molecule has 0 bridgehead atoms. The number of carbonyl (C=O) groups is 3. The fourth-order valence-electron chi connectivity index (χ4n) is 7.18. The molecule has 7 atom stereocenters. The molecule has 4 aliphatic carbocycles. The van der Waals surface area contributed by atoms with Gasteiger partial charge in [0.15, 0.2) is 5.78 Å². The third-order valence-corrected chi connectivity index (χ3v) is 8.43. The first-order valence-corrected chi connectivity index (χ1v) is 10.3. The summed E-state index contributed by atoms with van der Waals surface area (Å²) < 4.78 is 5.88. The molecule has 0 aromatic rings. The van der Waals surface area contributed by atoms with Crippen molar-refractivity contribution in [2.75, 3.05) is 0 Å². The van der Waals surface area contributed by atoms with Gasteiger partial charge in [-0.1, -0.05) is 25.5 Å². The van der Waals surface area contributed by atoms with Crippen LogP contribution in [0, 0.1) is 34.5 Å². The quantitative estimate of drug-likeness (QED) is 0.688. The highest BCUT2D eigenvalue weighted by molar-refractivity contribution is 6.01. The predicted molar refractivity (Wildman–Crippen MR) is 102 cm³/mol. The van der Waals surface area contributed by atoms with E-state index in [1.54, 1.807) is 13.0 Å². The van der Waals surface area contributed by atoms with Crippen molar-refractivity contribution in [3.63, 3.8) is 0 Å². The van der Waals surface area contributed by atoms with Crippen LogP contribution in [0.1, 0.15) is 59.8 Å². The largest absolute Gasteiger partial charge is 0.462 e. The molecule has 0 spiro atoms. The number of rotatable bonds is 2. The van der Waals surface area contributed by atoms with Gasteiger partial charge < -0.3 is 4.74 Å². The summed E-state index contributed by atoms with van der Waals surface area (Å²) in [6.07, 6.45) is 10.1. The van der Waals surface area contributed by atoms with Gasteiger partial charge in [0.1, 0.15) is 11.9 Å². The van der Waals surface area contributed by atoms with E-state index in [1.165, 1.54) is 12.5 Å². The van der Waals surface area contributed by atoms with Gasteiger partial charge in [0.05, 0.1) is 0 Å². The van der Waals surface area contributed by atoms with Gasteiger partial charge in [-0.2, -0.15) is 0 Å². The highest BCUT2D eigenvalue weighted by Crippen LogP contribution is 2.66. The first-order chi connectivity index (χ1) is 12.7. The SMILES string of the molecule is CC(=O)O[C@H]1C[C@H]2[C@@H](CCC3=CC(=O)C=C[C@@]32C)[C@@H]2CC[C@H](C(C)=O)[C@@]12C. The summed E-state index contributed by atoms with van der Waals surface area (Å²) in [5.74, 6) is 1.25. The van der Waals surface area contributed by atoms with Crippen molar-refractivity contribution in [3.8, 4) is 0 Å². The van der Waals surface area contributed by atoms with E-state index in [9.17, 15) is 14.4 Å². The predicted octanol–water partition coefficient (Wildman–Crippen LogP) is 4.04. The lowest BCUT2D eigenvalue weighted by Crippen LogP contribution is -2.57. The summed E-state index contributed by atoms with van der Waals surface area (Å²) in [6, 6.07) is 0. The molecule has 0 unspecified atom stereocenters. The fourth-order valence-corrected chi connectivity index (χ4v) is 7.18. The molecule has 4 nitrogen and oxygen atoms in total. The lowest BCUT2D eigenvalue weighted by atomic mass is 9.46. The summed E-state index contributed by atoms with van der Waals surface area (Å²) in [5, 5.41) is 0. The molecule has 0 heterocycles. The van der Waals surface area contributed by atoms with Crippen LogP contribution in [0.3, 0.4) is 0 Å². The minimum atomic E-state index is -0.273. The van der Waals surface area contributed by atoms with Crippen molar-refractivity contribution in [2.45, 2.75) is 65.9 Å². The minimum absolute atomic E-state index is 0.0268. The molecule has 0 aliphatic heterocycles. The molecule has 0 saturated heterocycles. The van der Waals surface area contributed by atoms with Crippen molar-refractivity contribution < 1.29 is 19.1 Å². The zero-order valence-corrected chi connectivity index (χ0v) is 16.8. The molecule has 0 aromatic heterocycles. The Hall–Kier alpha value is -1.71. The molecule has 4 aliphatic rings. The van der Waals surface area contributed by atoms with Gasteiger partial charge in [0, 0.05) is 23.7 Å². The Kier molecular flexibility index (Phi) is 4.25.